The van der Waals surface area contributed by atoms with E-state index in [0.29, 0.717) is 33.2 Å². The molecule has 1 aromatic carbocycles. The quantitative estimate of drug-likeness (QED) is 0.423. The van der Waals surface area contributed by atoms with Crippen LogP contribution in [-0.2, 0) is 23.0 Å². The first kappa shape index (κ1) is 22.0. The van der Waals surface area contributed by atoms with Crippen molar-refractivity contribution >= 4 is 34.1 Å². The number of benzene rings is 1. The molecule has 0 aliphatic carbocycles. The van der Waals surface area contributed by atoms with E-state index in [4.69, 9.17) is 4.74 Å². The highest BCUT2D eigenvalue weighted by Crippen LogP contribution is 2.42. The van der Waals surface area contributed by atoms with Crippen LogP contribution in [0.15, 0.2) is 40.3 Å². The number of ether oxygens (including phenoxy) is 1. The second-order valence-corrected chi connectivity index (χ2v) is 9.16. The lowest BCUT2D eigenvalue weighted by atomic mass is 10.0. The number of carbonyl (C=O) groups is 1. The molecule has 160 valence electrons. The largest absolute Gasteiger partial charge is 0.611 e. The summed E-state index contributed by atoms with van der Waals surface area (Å²) in [7, 11) is 3.44. The molecule has 0 aliphatic heterocycles. The van der Waals surface area contributed by atoms with E-state index in [9.17, 15) is 14.1 Å². The minimum Gasteiger partial charge on any atom is -0.611 e. The predicted octanol–water partition coefficient (Wildman–Crippen LogP) is 3.31. The van der Waals surface area contributed by atoms with Crippen molar-refractivity contribution in [3.8, 4) is 16.9 Å². The number of hydrogen-bond donors (Lipinski definition) is 2. The summed E-state index contributed by atoms with van der Waals surface area (Å²) in [5.41, 5.74) is 2.39. The van der Waals surface area contributed by atoms with Gasteiger partial charge in [0.1, 0.15) is 11.3 Å². The molecule has 0 amide bonds. The molecule has 30 heavy (non-hydrogen) atoms. The lowest BCUT2D eigenvalue weighted by Gasteiger charge is -2.23. The van der Waals surface area contributed by atoms with E-state index < -0.39 is 17.3 Å². The third-order valence-corrected chi connectivity index (χ3v) is 6.37. The van der Waals surface area contributed by atoms with Crippen LogP contribution in [-0.4, -0.2) is 39.3 Å². The highest BCUT2D eigenvalue weighted by atomic mass is 32.2. The molecule has 2 N–H and O–H groups in total. The number of aromatic amines is 1. The topological polar surface area (TPSA) is 99.2 Å². The number of pyridine rings is 1. The summed E-state index contributed by atoms with van der Waals surface area (Å²) in [6.07, 6.45) is 3.60. The first-order chi connectivity index (χ1) is 14.3. The maximum absolute atomic E-state index is 12.6. The van der Waals surface area contributed by atoms with Crippen molar-refractivity contribution in [2.24, 2.45) is 13.0 Å². The van der Waals surface area contributed by atoms with Crippen LogP contribution >= 0.6 is 0 Å². The van der Waals surface area contributed by atoms with Gasteiger partial charge in [0.2, 0.25) is 0 Å². The third kappa shape index (κ3) is 3.97. The Morgan fingerprint density at radius 2 is 2.07 bits per heavy atom. The second-order valence-electron chi connectivity index (χ2n) is 7.42. The normalized spacial score (nSPS) is 13.4. The number of nitrogens with zero attached hydrogens (tertiary/aromatic N) is 1. The van der Waals surface area contributed by atoms with Crippen LogP contribution in [0.1, 0.15) is 20.8 Å². The fourth-order valence-electron chi connectivity index (χ4n) is 3.35. The highest BCUT2D eigenvalue weighted by molar-refractivity contribution is 7.91. The fraction of sp³-hybridized carbons (Fsp3) is 0.364. The molecule has 2 atom stereocenters. The molecule has 0 saturated heterocycles. The van der Waals surface area contributed by atoms with Crippen molar-refractivity contribution in [3.63, 3.8) is 0 Å². The van der Waals surface area contributed by atoms with Gasteiger partial charge in [-0.05, 0) is 30.1 Å². The van der Waals surface area contributed by atoms with Gasteiger partial charge in [-0.25, -0.2) is 0 Å². The van der Waals surface area contributed by atoms with Gasteiger partial charge >= 0.3 is 0 Å². The average molecular weight is 430 g/mol. The molecular weight excluding hydrogens is 402 g/mol. The number of anilines is 1. The Kier molecular flexibility index (Phi) is 6.58. The Labute approximate surface area is 178 Å². The second kappa shape index (κ2) is 8.97. The van der Waals surface area contributed by atoms with Gasteiger partial charge < -0.3 is 24.2 Å². The van der Waals surface area contributed by atoms with Crippen LogP contribution in [0.4, 0.5) is 5.69 Å². The molecule has 2 unspecified atom stereocenters. The van der Waals surface area contributed by atoms with Gasteiger partial charge in [0.15, 0.2) is 23.0 Å². The van der Waals surface area contributed by atoms with Crippen LogP contribution < -0.4 is 15.6 Å². The average Bonchev–Trinajstić information content (AvgIpc) is 3.23. The van der Waals surface area contributed by atoms with Crippen LogP contribution in [0.25, 0.3) is 22.0 Å². The number of aromatic nitrogens is 2. The molecule has 2 heterocycles. The summed E-state index contributed by atoms with van der Waals surface area (Å²) >= 11 is -1.19. The van der Waals surface area contributed by atoms with E-state index in [2.05, 4.69) is 10.3 Å². The Morgan fingerprint density at radius 1 is 1.33 bits per heavy atom. The van der Waals surface area contributed by atoms with Crippen LogP contribution in [0, 0.1) is 5.92 Å². The maximum atomic E-state index is 12.6. The fourth-order valence-corrected chi connectivity index (χ4v) is 4.19. The first-order valence-electron chi connectivity index (χ1n) is 9.85. The summed E-state index contributed by atoms with van der Waals surface area (Å²) < 4.78 is 20.3. The molecule has 3 aromatic rings. The maximum Gasteiger partial charge on any atom is 0.274 e. The molecule has 2 aromatic heterocycles. The summed E-state index contributed by atoms with van der Waals surface area (Å²) in [4.78, 5) is 27.8. The number of carbonyl (C=O) groups excluding carboxylic acids is 1. The van der Waals surface area contributed by atoms with E-state index in [-0.39, 0.29) is 11.5 Å². The van der Waals surface area contributed by atoms with E-state index in [1.54, 1.807) is 32.6 Å². The molecule has 0 aliphatic rings. The zero-order chi connectivity index (χ0) is 22.0. The lowest BCUT2D eigenvalue weighted by Crippen LogP contribution is -2.25. The molecule has 0 spiro atoms. The molecule has 7 nitrogen and oxygen atoms in total. The zero-order valence-corrected chi connectivity index (χ0v) is 18.6. The highest BCUT2D eigenvalue weighted by Gasteiger charge is 2.24. The lowest BCUT2D eigenvalue weighted by molar-refractivity contribution is -0.115. The van der Waals surface area contributed by atoms with Crippen LogP contribution in [0.2, 0.25) is 0 Å². The van der Waals surface area contributed by atoms with Gasteiger partial charge in [0.25, 0.3) is 5.56 Å². The molecule has 0 saturated carbocycles. The third-order valence-electron chi connectivity index (χ3n) is 5.09. The molecule has 8 heteroatoms. The standard InChI is InChI=1S/C22H27N3O4S/c1-6-30(28)14-9-16(17-11-25(5)22(27)20-15(17)7-8-24-20)21(18(10-14)23-4)29-19(12-26)13(2)3/h7-13,19,23-24H,6H2,1-5H3. The van der Waals surface area contributed by atoms with Crippen molar-refractivity contribution < 1.29 is 14.1 Å². The number of nitrogens with one attached hydrogen (secondary N) is 2. The molecule has 0 fully saturated rings. The molecule has 3 rings (SSSR count). The summed E-state index contributed by atoms with van der Waals surface area (Å²) in [5.74, 6) is 0.928. The summed E-state index contributed by atoms with van der Waals surface area (Å²) in [6, 6.07) is 5.44. The summed E-state index contributed by atoms with van der Waals surface area (Å²) in [6.45, 7) is 5.68. The van der Waals surface area contributed by atoms with Gasteiger partial charge in [-0.1, -0.05) is 13.8 Å². The van der Waals surface area contributed by atoms with Gasteiger partial charge in [0.05, 0.1) is 5.69 Å². The van der Waals surface area contributed by atoms with Gasteiger partial charge in [-0.15, -0.1) is 0 Å². The monoisotopic (exact) mass is 429 g/mol. The number of fused-ring (bicyclic) bond motifs is 1. The number of rotatable bonds is 8. The van der Waals surface area contributed by atoms with Gasteiger partial charge in [-0.2, -0.15) is 0 Å². The SMILES string of the molecule is CC[S+]([O-])c1cc(NC)c(OC(C=O)C(C)C)c(-c2cn(C)c(=O)c3[nH]ccc23)c1. The van der Waals surface area contributed by atoms with E-state index >= 15 is 0 Å². The number of aldehydes is 1. The number of aryl methyl sites for hydroxylation is 1. The number of hydrogen-bond acceptors (Lipinski definition) is 5. The van der Waals surface area contributed by atoms with Crippen molar-refractivity contribution in [2.75, 3.05) is 18.1 Å². The summed E-state index contributed by atoms with van der Waals surface area (Å²) in [5, 5.41) is 3.84. The van der Waals surface area contributed by atoms with E-state index in [0.717, 1.165) is 17.2 Å². The Balaban J connectivity index is 2.36. The van der Waals surface area contributed by atoms with Gasteiger partial charge in [-0.3, -0.25) is 9.59 Å². The van der Waals surface area contributed by atoms with E-state index in [1.807, 2.05) is 32.9 Å². The van der Waals surface area contributed by atoms with Crippen molar-refractivity contribution in [1.29, 1.82) is 0 Å². The predicted molar refractivity (Wildman–Crippen MR) is 121 cm³/mol. The Morgan fingerprint density at radius 3 is 2.67 bits per heavy atom. The first-order valence-corrected chi connectivity index (χ1v) is 11.2. The minimum atomic E-state index is -1.19. The van der Waals surface area contributed by atoms with Crippen LogP contribution in [0.3, 0.4) is 0 Å². The van der Waals surface area contributed by atoms with Gasteiger partial charge in [0, 0.05) is 55.1 Å². The van der Waals surface area contributed by atoms with E-state index in [1.165, 1.54) is 4.57 Å². The number of H-pyrrole nitrogens is 1. The van der Waals surface area contributed by atoms with Crippen molar-refractivity contribution in [2.45, 2.75) is 31.8 Å². The zero-order valence-electron chi connectivity index (χ0n) is 17.8. The smallest absolute Gasteiger partial charge is 0.274 e. The van der Waals surface area contributed by atoms with Crippen molar-refractivity contribution in [1.82, 2.24) is 9.55 Å². The van der Waals surface area contributed by atoms with Crippen molar-refractivity contribution in [3.05, 3.63) is 40.9 Å². The Hall–Kier alpha value is -2.71. The molecular formula is C22H27N3O4S. The molecule has 0 radical (unpaired) electrons. The minimum absolute atomic E-state index is 0.0306. The molecule has 0 bridgehead atoms. The van der Waals surface area contributed by atoms with Crippen LogP contribution in [0.5, 0.6) is 5.75 Å². The Bertz CT molecular complexity index is 1120.